The monoisotopic (exact) mass is 308 g/mol. The lowest BCUT2D eigenvalue weighted by Crippen LogP contribution is -2.17. The summed E-state index contributed by atoms with van der Waals surface area (Å²) in [7, 11) is 0. The summed E-state index contributed by atoms with van der Waals surface area (Å²) < 4.78 is 12.1. The van der Waals surface area contributed by atoms with Crippen LogP contribution in [-0.4, -0.2) is 6.67 Å². The fourth-order valence-corrected chi connectivity index (χ4v) is 4.71. The minimum Gasteiger partial charge on any atom is -0.251 e. The fraction of sp³-hybridized carbons (Fsp3) is 0.905. The summed E-state index contributed by atoms with van der Waals surface area (Å²) in [6, 6.07) is 0. The molecule has 2 aliphatic carbocycles. The molecule has 2 fully saturated rings. The number of hydrogen-bond donors (Lipinski definition) is 0. The van der Waals surface area contributed by atoms with Gasteiger partial charge in [0.25, 0.3) is 0 Å². The normalized spacial score (nSPS) is 33.4. The van der Waals surface area contributed by atoms with Crippen molar-refractivity contribution in [1.29, 1.82) is 0 Å². The van der Waals surface area contributed by atoms with Crippen LogP contribution in [0.2, 0.25) is 0 Å². The van der Waals surface area contributed by atoms with E-state index in [0.29, 0.717) is 6.42 Å². The molecule has 0 unspecified atom stereocenters. The Morgan fingerprint density at radius 1 is 0.773 bits per heavy atom. The molecule has 0 atom stereocenters. The summed E-state index contributed by atoms with van der Waals surface area (Å²) in [5, 5.41) is 0. The molecule has 2 rings (SSSR count). The zero-order valence-corrected chi connectivity index (χ0v) is 14.7. The Balaban J connectivity index is 1.55. The van der Waals surface area contributed by atoms with E-state index in [-0.39, 0.29) is 6.67 Å². The first-order valence-electron chi connectivity index (χ1n) is 10.0. The molecular formula is C21H37F. The van der Waals surface area contributed by atoms with Crippen LogP contribution in [0.15, 0.2) is 12.2 Å². The van der Waals surface area contributed by atoms with Crippen molar-refractivity contribution >= 4 is 0 Å². The van der Waals surface area contributed by atoms with Gasteiger partial charge in [0.1, 0.15) is 0 Å². The van der Waals surface area contributed by atoms with Crippen LogP contribution in [0.25, 0.3) is 0 Å². The lowest BCUT2D eigenvalue weighted by atomic mass is 9.75. The zero-order valence-electron chi connectivity index (χ0n) is 14.7. The van der Waals surface area contributed by atoms with Gasteiger partial charge in [-0.3, -0.25) is 4.39 Å². The second kappa shape index (κ2) is 10.4. The van der Waals surface area contributed by atoms with Gasteiger partial charge in [0, 0.05) is 0 Å². The molecule has 0 aromatic rings. The molecule has 128 valence electrons. The Labute approximate surface area is 138 Å². The van der Waals surface area contributed by atoms with E-state index in [1.54, 1.807) is 0 Å². The van der Waals surface area contributed by atoms with Gasteiger partial charge in [-0.25, -0.2) is 0 Å². The summed E-state index contributed by atoms with van der Waals surface area (Å²) in [4.78, 5) is 0. The van der Waals surface area contributed by atoms with Gasteiger partial charge in [-0.1, -0.05) is 70.4 Å². The van der Waals surface area contributed by atoms with Gasteiger partial charge in [-0.15, -0.1) is 0 Å². The van der Waals surface area contributed by atoms with Gasteiger partial charge in [0.2, 0.25) is 0 Å². The molecule has 0 nitrogen and oxygen atoms in total. The number of halogens is 1. The van der Waals surface area contributed by atoms with E-state index in [0.717, 1.165) is 23.7 Å². The molecule has 0 saturated heterocycles. The first-order valence-corrected chi connectivity index (χ1v) is 10.0. The molecule has 22 heavy (non-hydrogen) atoms. The second-order valence-corrected chi connectivity index (χ2v) is 7.94. The van der Waals surface area contributed by atoms with Crippen LogP contribution in [0.5, 0.6) is 0 Å². The largest absolute Gasteiger partial charge is 0.251 e. The molecule has 0 spiro atoms. The standard InChI is InChI=1S/C21H37F/c1-2-5-18-7-11-20(12-8-18)15-16-21-13-9-19(10-14-21)6-3-4-17-22/h3,6,18-21H,2,4-5,7-17H2,1H3/b6-3+/t18?,19-,20?,21-. The average molecular weight is 309 g/mol. The van der Waals surface area contributed by atoms with E-state index in [1.165, 1.54) is 77.0 Å². The van der Waals surface area contributed by atoms with E-state index >= 15 is 0 Å². The van der Waals surface area contributed by atoms with Gasteiger partial charge in [0.05, 0.1) is 6.67 Å². The SMILES string of the molecule is CCCC1CCC(CC[C@H]2CC[C@H](/C=C/CCF)CC2)CC1. The first kappa shape index (κ1) is 18.0. The molecule has 0 radical (unpaired) electrons. The highest BCUT2D eigenvalue weighted by atomic mass is 19.1. The lowest BCUT2D eigenvalue weighted by Gasteiger charge is -2.31. The van der Waals surface area contributed by atoms with Crippen molar-refractivity contribution in [3.05, 3.63) is 12.2 Å². The maximum Gasteiger partial charge on any atom is 0.0928 e. The van der Waals surface area contributed by atoms with Crippen molar-refractivity contribution in [3.8, 4) is 0 Å². The highest BCUT2D eigenvalue weighted by Gasteiger charge is 2.23. The maximum atomic E-state index is 12.1. The molecule has 0 aromatic carbocycles. The van der Waals surface area contributed by atoms with E-state index in [1.807, 2.05) is 0 Å². The minimum absolute atomic E-state index is 0.202. The molecule has 0 aliphatic heterocycles. The minimum atomic E-state index is -0.202. The number of alkyl halides is 1. The molecular weight excluding hydrogens is 271 g/mol. The molecule has 1 heteroatoms. The highest BCUT2D eigenvalue weighted by molar-refractivity contribution is 4.91. The van der Waals surface area contributed by atoms with E-state index in [2.05, 4.69) is 19.1 Å². The van der Waals surface area contributed by atoms with Crippen LogP contribution in [-0.2, 0) is 0 Å². The smallest absolute Gasteiger partial charge is 0.0928 e. The van der Waals surface area contributed by atoms with Crippen LogP contribution >= 0.6 is 0 Å². The Hall–Kier alpha value is -0.330. The van der Waals surface area contributed by atoms with Crippen molar-refractivity contribution in [2.24, 2.45) is 23.7 Å². The Morgan fingerprint density at radius 2 is 1.27 bits per heavy atom. The molecule has 0 amide bonds. The van der Waals surface area contributed by atoms with E-state index < -0.39 is 0 Å². The van der Waals surface area contributed by atoms with Crippen molar-refractivity contribution in [2.75, 3.05) is 6.67 Å². The van der Waals surface area contributed by atoms with Crippen LogP contribution in [0.4, 0.5) is 4.39 Å². The Bertz CT molecular complexity index is 293. The topological polar surface area (TPSA) is 0 Å². The molecule has 0 aromatic heterocycles. The fourth-order valence-electron chi connectivity index (χ4n) is 4.71. The van der Waals surface area contributed by atoms with Crippen LogP contribution < -0.4 is 0 Å². The summed E-state index contributed by atoms with van der Waals surface area (Å²) in [6.45, 7) is 2.13. The highest BCUT2D eigenvalue weighted by Crippen LogP contribution is 2.37. The maximum absolute atomic E-state index is 12.1. The summed E-state index contributed by atoms with van der Waals surface area (Å²) in [5.74, 6) is 3.81. The van der Waals surface area contributed by atoms with Crippen LogP contribution in [0, 0.1) is 23.7 Å². The predicted octanol–water partition coefficient (Wildman–Crippen LogP) is 7.10. The number of hydrogen-bond acceptors (Lipinski definition) is 0. The predicted molar refractivity (Wildman–Crippen MR) is 94.8 cm³/mol. The van der Waals surface area contributed by atoms with Gasteiger partial charge in [0.15, 0.2) is 0 Å². The third-order valence-corrected chi connectivity index (χ3v) is 6.22. The van der Waals surface area contributed by atoms with Crippen LogP contribution in [0.3, 0.4) is 0 Å². The Morgan fingerprint density at radius 3 is 1.77 bits per heavy atom. The second-order valence-electron chi connectivity index (χ2n) is 7.94. The Kier molecular flexibility index (Phi) is 8.55. The van der Waals surface area contributed by atoms with Crippen molar-refractivity contribution in [1.82, 2.24) is 0 Å². The van der Waals surface area contributed by atoms with Gasteiger partial charge in [-0.2, -0.15) is 0 Å². The lowest BCUT2D eigenvalue weighted by molar-refractivity contribution is 0.221. The molecule has 0 bridgehead atoms. The molecule has 2 aliphatic rings. The number of rotatable bonds is 8. The van der Waals surface area contributed by atoms with Gasteiger partial charge >= 0.3 is 0 Å². The molecule has 0 heterocycles. The molecule has 2 saturated carbocycles. The summed E-state index contributed by atoms with van der Waals surface area (Å²) in [6.07, 6.45) is 22.3. The van der Waals surface area contributed by atoms with E-state index in [9.17, 15) is 4.39 Å². The van der Waals surface area contributed by atoms with Crippen LogP contribution in [0.1, 0.15) is 90.4 Å². The van der Waals surface area contributed by atoms with Gasteiger partial charge in [-0.05, 0) is 55.8 Å². The quantitative estimate of drug-likeness (QED) is 0.420. The molecule has 0 N–H and O–H groups in total. The van der Waals surface area contributed by atoms with Crippen molar-refractivity contribution < 1.29 is 4.39 Å². The van der Waals surface area contributed by atoms with Crippen molar-refractivity contribution in [2.45, 2.75) is 90.4 Å². The van der Waals surface area contributed by atoms with Crippen molar-refractivity contribution in [3.63, 3.8) is 0 Å². The third-order valence-electron chi connectivity index (χ3n) is 6.22. The number of allylic oxidation sites excluding steroid dienone is 2. The average Bonchev–Trinajstić information content (AvgIpc) is 2.56. The summed E-state index contributed by atoms with van der Waals surface area (Å²) in [5.41, 5.74) is 0. The van der Waals surface area contributed by atoms with Gasteiger partial charge < -0.3 is 0 Å². The summed E-state index contributed by atoms with van der Waals surface area (Å²) >= 11 is 0. The first-order chi connectivity index (χ1) is 10.8. The van der Waals surface area contributed by atoms with E-state index in [4.69, 9.17) is 0 Å². The third kappa shape index (κ3) is 6.42. The zero-order chi connectivity index (χ0) is 15.6.